The average molecular weight is 1010 g/mol. The van der Waals surface area contributed by atoms with Crippen molar-refractivity contribution in [1.29, 1.82) is 0 Å². The van der Waals surface area contributed by atoms with Crippen LogP contribution in [0.4, 0.5) is 0 Å². The number of aliphatic hydroxyl groups is 3. The highest BCUT2D eigenvalue weighted by molar-refractivity contribution is 5.94. The molecule has 2 aliphatic rings. The van der Waals surface area contributed by atoms with Crippen LogP contribution < -0.4 is 15.5 Å². The summed E-state index contributed by atoms with van der Waals surface area (Å²) >= 11 is 0. The topological polar surface area (TPSA) is 251 Å². The van der Waals surface area contributed by atoms with Crippen molar-refractivity contribution < 1.29 is 72.8 Å². The normalized spacial score (nSPS) is 32.0. The van der Waals surface area contributed by atoms with E-state index in [-0.39, 0.29) is 42.6 Å². The van der Waals surface area contributed by atoms with E-state index in [9.17, 15) is 44.4 Å². The second-order valence-corrected chi connectivity index (χ2v) is 20.0. The lowest BCUT2D eigenvalue weighted by molar-refractivity contribution is -0.336. The Kier molecular flexibility index (Phi) is 20.1. The van der Waals surface area contributed by atoms with Crippen molar-refractivity contribution in [3.8, 4) is 5.75 Å². The number of hydrogen-bond donors (Lipinski definition) is 5. The van der Waals surface area contributed by atoms with Gasteiger partial charge in [0.25, 0.3) is 0 Å². The molecule has 2 aliphatic heterocycles. The third-order valence-electron chi connectivity index (χ3n) is 14.6. The van der Waals surface area contributed by atoms with Crippen molar-refractivity contribution in [1.82, 2.24) is 14.8 Å². The number of carboxylic acids is 1. The Hall–Kier alpha value is -4.83. The Balaban J connectivity index is 1.41. The number of nitrogens with zero attached hydrogens (tertiary/aromatic N) is 2. The second-order valence-electron chi connectivity index (χ2n) is 20.0. The molecule has 0 spiro atoms. The Morgan fingerprint density at radius 2 is 1.65 bits per heavy atom. The van der Waals surface area contributed by atoms with E-state index in [1.54, 1.807) is 69.5 Å². The number of aryl methyl sites for hydroxylation is 1. The third kappa shape index (κ3) is 13.1. The van der Waals surface area contributed by atoms with E-state index in [4.69, 9.17) is 33.2 Å². The number of carbonyl (C=O) groups is 4. The van der Waals surface area contributed by atoms with Gasteiger partial charge in [-0.25, -0.2) is 4.79 Å². The predicted molar refractivity (Wildman–Crippen MR) is 265 cm³/mol. The van der Waals surface area contributed by atoms with E-state index in [2.05, 4.69) is 5.32 Å². The summed E-state index contributed by atoms with van der Waals surface area (Å²) in [6, 6.07) is 11.8. The maximum Gasteiger partial charge on any atom is 0.341 e. The van der Waals surface area contributed by atoms with Crippen LogP contribution in [0.1, 0.15) is 96.1 Å². The lowest BCUT2D eigenvalue weighted by Crippen LogP contribution is -2.61. The number of likely N-dealkylation sites (N-methyl/N-ethyl adjacent to an activating group) is 1. The molecule has 5 rings (SSSR count). The summed E-state index contributed by atoms with van der Waals surface area (Å²) in [5.41, 5.74) is -2.40. The quantitative estimate of drug-likeness (QED) is 0.0943. The number of benzene rings is 2. The predicted octanol–water partition coefficient (Wildman–Crippen LogP) is 4.09. The van der Waals surface area contributed by atoms with E-state index >= 15 is 0 Å². The second kappa shape index (κ2) is 24.9. The number of ketones is 1. The van der Waals surface area contributed by atoms with Crippen LogP contribution >= 0.6 is 0 Å². The van der Waals surface area contributed by atoms with Crippen molar-refractivity contribution in [2.75, 3.05) is 41.5 Å². The molecule has 0 saturated carbocycles. The first-order chi connectivity index (χ1) is 33.9. The van der Waals surface area contributed by atoms with Gasteiger partial charge in [-0.2, -0.15) is 0 Å². The molecule has 1 unspecified atom stereocenters. The molecule has 0 amide bonds. The summed E-state index contributed by atoms with van der Waals surface area (Å²) in [4.78, 5) is 69.2. The minimum absolute atomic E-state index is 0.00742. The number of rotatable bonds is 17. The average Bonchev–Trinajstić information content (AvgIpc) is 3.35. The van der Waals surface area contributed by atoms with Crippen molar-refractivity contribution in [2.45, 2.75) is 155 Å². The fourth-order valence-corrected chi connectivity index (χ4v) is 10.3. The van der Waals surface area contributed by atoms with Gasteiger partial charge in [-0.05, 0) is 77.9 Å². The number of fused-ring (bicyclic) bond motifs is 1. The van der Waals surface area contributed by atoms with E-state index in [1.165, 1.54) is 34.3 Å². The number of aromatic carboxylic acids is 1. The lowest BCUT2D eigenvalue weighted by Gasteiger charge is -2.48. The van der Waals surface area contributed by atoms with Crippen molar-refractivity contribution in [3.63, 3.8) is 0 Å². The molecule has 3 heterocycles. The van der Waals surface area contributed by atoms with Crippen LogP contribution in [-0.4, -0.2) is 155 Å². The maximum absolute atomic E-state index is 14.3. The zero-order valence-corrected chi connectivity index (χ0v) is 43.8. The summed E-state index contributed by atoms with van der Waals surface area (Å²) in [6.07, 6.45) is -7.06. The summed E-state index contributed by atoms with van der Waals surface area (Å²) in [7, 11) is 6.55. The molecule has 0 bridgehead atoms. The van der Waals surface area contributed by atoms with Gasteiger partial charge in [-0.3, -0.25) is 19.2 Å². The van der Waals surface area contributed by atoms with Gasteiger partial charge in [-0.1, -0.05) is 58.0 Å². The van der Waals surface area contributed by atoms with Gasteiger partial charge >= 0.3 is 17.9 Å². The number of carboxylic acid groups (broad SMARTS) is 1. The van der Waals surface area contributed by atoms with Crippen LogP contribution in [0.2, 0.25) is 0 Å². The summed E-state index contributed by atoms with van der Waals surface area (Å²) in [5, 5.41) is 48.2. The summed E-state index contributed by atoms with van der Waals surface area (Å²) < 4.78 is 44.9. The molecule has 400 valence electrons. The first-order valence-electron chi connectivity index (χ1n) is 24.8. The molecule has 2 fully saturated rings. The van der Waals surface area contributed by atoms with Gasteiger partial charge in [0.15, 0.2) is 12.6 Å². The van der Waals surface area contributed by atoms with E-state index in [1.807, 2.05) is 38.1 Å². The minimum Gasteiger partial charge on any atom is -0.490 e. The number of hydrogen-bond acceptors (Lipinski definition) is 17. The Labute approximate surface area is 422 Å². The van der Waals surface area contributed by atoms with Crippen molar-refractivity contribution in [3.05, 3.63) is 75.6 Å². The van der Waals surface area contributed by atoms with Gasteiger partial charge in [0.1, 0.15) is 47.6 Å². The highest BCUT2D eigenvalue weighted by Crippen LogP contribution is 2.40. The molecule has 0 aliphatic carbocycles. The van der Waals surface area contributed by atoms with Crippen molar-refractivity contribution in [2.24, 2.45) is 23.7 Å². The molecular weight excluding hydrogens is 935 g/mol. The Morgan fingerprint density at radius 1 is 0.972 bits per heavy atom. The molecule has 2 aromatic carbocycles. The third-order valence-corrected chi connectivity index (χ3v) is 14.6. The standard InChI is InChI=1S/C53H77N3O16/c1-13-39-53(8,65)47(61)30(4)43(58)29(3)26-52(7,67-12)48(72-51-45(60)37(55(9)10)25-41(66-11)71-51)31(5)46(32(6)50(64)69-39)70-40(57)24-33-17-15-18-34(23-33)27-54-21-22-68-38-20-16-19-35-42(38)56(14-2)28-36(44(35)59)49(62)63/h15-20,23,28-32,37,39,41,45-48,51,54,60-61,65H,13-14,21-22,24-27H2,1-12H3,(H,62,63)/t29-,30+,31+,32-,37+,39-,41+,45-,46+,47-,48-,51?,52-,53-/m1/s1. The number of Topliss-reactive ketones (excluding diaryl/α,β-unsaturated/α-hetero) is 1. The fraction of sp³-hybridized carbons (Fsp3) is 0.642. The molecule has 14 atom stereocenters. The van der Waals surface area contributed by atoms with Gasteiger partial charge in [0.2, 0.25) is 5.43 Å². The van der Waals surface area contributed by atoms with Gasteiger partial charge in [-0.15, -0.1) is 0 Å². The molecule has 2 saturated heterocycles. The number of methoxy groups -OCH3 is 2. The molecule has 5 N–H and O–H groups in total. The molecule has 72 heavy (non-hydrogen) atoms. The van der Waals surface area contributed by atoms with Gasteiger partial charge in [0, 0.05) is 70.3 Å². The lowest BCUT2D eigenvalue weighted by atomic mass is 9.74. The summed E-state index contributed by atoms with van der Waals surface area (Å²) in [5.74, 6) is -6.77. The highest BCUT2D eigenvalue weighted by atomic mass is 16.8. The number of cyclic esters (lactones) is 1. The molecule has 3 aromatic rings. The molecule has 19 nitrogen and oxygen atoms in total. The first kappa shape index (κ1) is 58.1. The van der Waals surface area contributed by atoms with Crippen LogP contribution in [0.15, 0.2) is 53.5 Å². The number of carbonyl (C=O) groups excluding carboxylic acids is 3. The number of para-hydroxylation sites is 1. The fourth-order valence-electron chi connectivity index (χ4n) is 10.3. The molecule has 1 aromatic heterocycles. The van der Waals surface area contributed by atoms with Crippen LogP contribution in [0.25, 0.3) is 10.9 Å². The largest absolute Gasteiger partial charge is 0.490 e. The zero-order valence-electron chi connectivity index (χ0n) is 43.8. The SMILES string of the molecule is CC[C@H]1OC(=O)[C@H](C)[C@@H](OC(=O)Cc2cccc(CNCCOc3cccc4c(=O)c(C(=O)O)cn(CC)c34)c2)[C@H](C)[C@@H](OC2O[C@H](OC)C[C@H](N(C)C)[C@H]2O)[C@](C)(OC)C[C@@H](C)C(=O)[C@H](C)[C@@H](O)[C@]1(C)O. The van der Waals surface area contributed by atoms with E-state index < -0.39 is 107 Å². The Bertz CT molecular complexity index is 2410. The van der Waals surface area contributed by atoms with Crippen LogP contribution in [0.5, 0.6) is 5.75 Å². The molecule has 19 heteroatoms. The van der Waals surface area contributed by atoms with E-state index in [0.717, 1.165) is 5.56 Å². The first-order valence-corrected chi connectivity index (χ1v) is 24.8. The number of pyridine rings is 1. The number of aromatic nitrogens is 1. The smallest absolute Gasteiger partial charge is 0.341 e. The minimum atomic E-state index is -2.05. The van der Waals surface area contributed by atoms with Crippen LogP contribution in [0, 0.1) is 23.7 Å². The van der Waals surface area contributed by atoms with Gasteiger partial charge < -0.3 is 68.4 Å². The maximum atomic E-state index is 14.3. The number of aliphatic hydroxyl groups excluding tert-OH is 2. The van der Waals surface area contributed by atoms with Gasteiger partial charge in [0.05, 0.1) is 41.1 Å². The van der Waals surface area contributed by atoms with Crippen LogP contribution in [0.3, 0.4) is 0 Å². The molecular formula is C53H77N3O16. The Morgan fingerprint density at radius 3 is 2.28 bits per heavy atom. The van der Waals surface area contributed by atoms with E-state index in [0.29, 0.717) is 42.9 Å². The number of esters is 2. The summed E-state index contributed by atoms with van der Waals surface area (Å²) in [6.45, 7) is 14.5. The number of nitrogens with one attached hydrogen (secondary N) is 1. The highest BCUT2D eigenvalue weighted by Gasteiger charge is 2.53. The number of ether oxygens (including phenoxy) is 7. The van der Waals surface area contributed by atoms with Crippen molar-refractivity contribution >= 4 is 34.6 Å². The zero-order chi connectivity index (χ0) is 53.4. The monoisotopic (exact) mass is 1010 g/mol. The van der Waals surface area contributed by atoms with Crippen LogP contribution in [-0.2, 0) is 62.3 Å². The molecule has 0 radical (unpaired) electrons.